The van der Waals surface area contributed by atoms with Crippen molar-refractivity contribution in [2.45, 2.75) is 70.8 Å². The molecule has 0 heterocycles. The largest absolute Gasteiger partial charge is 0.0902 e. The molecule has 0 fully saturated rings. The third-order valence-corrected chi connectivity index (χ3v) is 6.28. The predicted octanol–water partition coefficient (Wildman–Crippen LogP) is 5.38. The quantitative estimate of drug-likeness (QED) is 0.566. The molecule has 0 aromatic heterocycles. The van der Waals surface area contributed by atoms with Gasteiger partial charge in [-0.2, -0.15) is 0 Å². The maximum atomic E-state index is 2.38. The fourth-order valence-electron chi connectivity index (χ4n) is 1.44. The van der Waals surface area contributed by atoms with Crippen molar-refractivity contribution in [3.63, 3.8) is 0 Å². The highest BCUT2D eigenvalue weighted by Crippen LogP contribution is 2.41. The topological polar surface area (TPSA) is 0 Å². The van der Waals surface area contributed by atoms with Crippen molar-refractivity contribution in [1.82, 2.24) is 0 Å². The lowest BCUT2D eigenvalue weighted by Gasteiger charge is -2.25. The van der Waals surface area contributed by atoms with Gasteiger partial charge >= 0.3 is 0 Å². The summed E-state index contributed by atoms with van der Waals surface area (Å²) in [6, 6.07) is 0. The van der Waals surface area contributed by atoms with Crippen molar-refractivity contribution in [2.24, 2.45) is 5.92 Å². The Labute approximate surface area is 98.4 Å². The molecule has 1 unspecified atom stereocenters. The molecule has 0 aliphatic heterocycles. The second kappa shape index (κ2) is 7.05. The van der Waals surface area contributed by atoms with Gasteiger partial charge in [0.15, 0.2) is 0 Å². The Morgan fingerprint density at radius 3 is 2.07 bits per heavy atom. The van der Waals surface area contributed by atoms with Gasteiger partial charge in [0, 0.05) is 10.00 Å². The minimum atomic E-state index is 0.392. The molecule has 2 heteroatoms. The molecule has 2 atom stereocenters. The van der Waals surface area contributed by atoms with E-state index in [9.17, 15) is 0 Å². The van der Waals surface area contributed by atoms with E-state index in [0.29, 0.717) is 4.75 Å². The van der Waals surface area contributed by atoms with Crippen molar-refractivity contribution in [1.29, 1.82) is 0 Å². The van der Waals surface area contributed by atoms with E-state index in [2.05, 4.69) is 52.3 Å². The van der Waals surface area contributed by atoms with E-state index >= 15 is 0 Å². The second-order valence-electron chi connectivity index (χ2n) is 4.95. The summed E-state index contributed by atoms with van der Waals surface area (Å²) in [5, 5.41) is 0.796. The average Bonchev–Trinajstić information content (AvgIpc) is 2.09. The van der Waals surface area contributed by atoms with Crippen molar-refractivity contribution in [3.8, 4) is 0 Å². The Balaban J connectivity index is 3.85. The van der Waals surface area contributed by atoms with Crippen LogP contribution in [0.4, 0.5) is 0 Å². The van der Waals surface area contributed by atoms with Gasteiger partial charge in [-0.25, -0.2) is 0 Å². The fraction of sp³-hybridized carbons (Fsp3) is 1.00. The highest BCUT2D eigenvalue weighted by atomic mass is 33.1. The highest BCUT2D eigenvalue weighted by Gasteiger charge is 2.19. The third kappa shape index (κ3) is 7.05. The first-order valence-electron chi connectivity index (χ1n) is 5.75. The van der Waals surface area contributed by atoms with Gasteiger partial charge in [0.25, 0.3) is 0 Å². The van der Waals surface area contributed by atoms with E-state index < -0.39 is 0 Å². The number of hydrogen-bond acceptors (Lipinski definition) is 2. The lowest BCUT2D eigenvalue weighted by Crippen LogP contribution is -2.14. The van der Waals surface area contributed by atoms with Crippen LogP contribution in [0.1, 0.15) is 60.8 Å². The average molecular weight is 234 g/mol. The van der Waals surface area contributed by atoms with Crippen LogP contribution in [-0.4, -0.2) is 10.00 Å². The molecule has 0 saturated heterocycles. The first-order valence-corrected chi connectivity index (χ1v) is 7.96. The van der Waals surface area contributed by atoms with Crippen LogP contribution in [0.25, 0.3) is 0 Å². The summed E-state index contributed by atoms with van der Waals surface area (Å²) >= 11 is 0. The van der Waals surface area contributed by atoms with Gasteiger partial charge in [-0.3, -0.25) is 0 Å². The van der Waals surface area contributed by atoms with E-state index in [1.54, 1.807) is 0 Å². The zero-order valence-corrected chi connectivity index (χ0v) is 12.2. The fourth-order valence-corrected chi connectivity index (χ4v) is 4.16. The number of rotatable bonds is 6. The molecule has 0 aliphatic rings. The minimum absolute atomic E-state index is 0.392. The molecule has 0 N–H and O–H groups in total. The first kappa shape index (κ1) is 14.7. The Hall–Kier alpha value is 0.700. The molecule has 0 aromatic rings. The SMILES string of the molecule is CCCC(CC)[C@H](C)SSC(C)(C)C. The van der Waals surface area contributed by atoms with E-state index in [1.807, 2.05) is 10.8 Å². The molecule has 0 bridgehead atoms. The van der Waals surface area contributed by atoms with Crippen molar-refractivity contribution in [3.05, 3.63) is 0 Å². The van der Waals surface area contributed by atoms with Crippen LogP contribution in [0.3, 0.4) is 0 Å². The van der Waals surface area contributed by atoms with Crippen LogP contribution >= 0.6 is 21.6 Å². The van der Waals surface area contributed by atoms with E-state index in [-0.39, 0.29) is 0 Å². The molecule has 0 nitrogen and oxygen atoms in total. The molecule has 0 radical (unpaired) electrons. The van der Waals surface area contributed by atoms with E-state index in [0.717, 1.165) is 11.2 Å². The van der Waals surface area contributed by atoms with Crippen LogP contribution in [0, 0.1) is 5.92 Å². The summed E-state index contributed by atoms with van der Waals surface area (Å²) < 4.78 is 0.392. The summed E-state index contributed by atoms with van der Waals surface area (Å²) in [7, 11) is 4.10. The maximum Gasteiger partial charge on any atom is 0.0179 e. The minimum Gasteiger partial charge on any atom is -0.0902 e. The summed E-state index contributed by atoms with van der Waals surface area (Å²) in [5.41, 5.74) is 0. The van der Waals surface area contributed by atoms with Crippen molar-refractivity contribution < 1.29 is 0 Å². The van der Waals surface area contributed by atoms with Crippen molar-refractivity contribution in [2.75, 3.05) is 0 Å². The molecule has 0 aliphatic carbocycles. The molecule has 0 spiro atoms. The molecule has 0 rings (SSSR count). The van der Waals surface area contributed by atoms with Gasteiger partial charge in [-0.05, 0) is 12.3 Å². The van der Waals surface area contributed by atoms with Crippen LogP contribution in [0.2, 0.25) is 0 Å². The van der Waals surface area contributed by atoms with Crippen LogP contribution in [0.5, 0.6) is 0 Å². The highest BCUT2D eigenvalue weighted by molar-refractivity contribution is 8.77. The smallest absolute Gasteiger partial charge is 0.0179 e. The van der Waals surface area contributed by atoms with Crippen LogP contribution < -0.4 is 0 Å². The van der Waals surface area contributed by atoms with Crippen LogP contribution in [-0.2, 0) is 0 Å². The Bertz CT molecular complexity index is 138. The third-order valence-electron chi connectivity index (χ3n) is 2.30. The van der Waals surface area contributed by atoms with Gasteiger partial charge in [-0.1, -0.05) is 76.0 Å². The summed E-state index contributed by atoms with van der Waals surface area (Å²) in [6.07, 6.45) is 4.03. The van der Waals surface area contributed by atoms with E-state index in [4.69, 9.17) is 0 Å². The standard InChI is InChI=1S/C12H26S2/c1-7-9-11(8-2)10(3)13-14-12(4,5)6/h10-11H,7-9H2,1-6H3/t10-,11?/m0/s1. The first-order chi connectivity index (χ1) is 6.40. The second-order valence-corrected chi connectivity index (χ2v) is 8.36. The van der Waals surface area contributed by atoms with Crippen LogP contribution in [0.15, 0.2) is 0 Å². The molecule has 0 amide bonds. The molecule has 86 valence electrons. The molecular weight excluding hydrogens is 208 g/mol. The Morgan fingerprint density at radius 1 is 1.14 bits per heavy atom. The van der Waals surface area contributed by atoms with Gasteiger partial charge in [0.2, 0.25) is 0 Å². The van der Waals surface area contributed by atoms with Crippen molar-refractivity contribution >= 4 is 21.6 Å². The van der Waals surface area contributed by atoms with E-state index in [1.165, 1.54) is 19.3 Å². The van der Waals surface area contributed by atoms with Gasteiger partial charge in [-0.15, -0.1) is 0 Å². The van der Waals surface area contributed by atoms with Gasteiger partial charge in [0.1, 0.15) is 0 Å². The monoisotopic (exact) mass is 234 g/mol. The lowest BCUT2D eigenvalue weighted by molar-refractivity contribution is 0.463. The maximum absolute atomic E-state index is 2.38. The Kier molecular flexibility index (Phi) is 7.41. The molecular formula is C12H26S2. The summed E-state index contributed by atoms with van der Waals surface area (Å²) in [6.45, 7) is 13.9. The Morgan fingerprint density at radius 2 is 1.71 bits per heavy atom. The number of hydrogen-bond donors (Lipinski definition) is 0. The lowest BCUT2D eigenvalue weighted by atomic mass is 9.98. The van der Waals surface area contributed by atoms with Gasteiger partial charge in [0.05, 0.1) is 0 Å². The molecule has 14 heavy (non-hydrogen) atoms. The summed E-state index contributed by atoms with van der Waals surface area (Å²) in [5.74, 6) is 0.903. The molecule has 0 saturated carbocycles. The summed E-state index contributed by atoms with van der Waals surface area (Å²) in [4.78, 5) is 0. The zero-order chi connectivity index (χ0) is 11.2. The van der Waals surface area contributed by atoms with Gasteiger partial charge < -0.3 is 0 Å². The molecule has 0 aromatic carbocycles. The normalized spacial score (nSPS) is 16.7. The zero-order valence-electron chi connectivity index (χ0n) is 10.6. The predicted molar refractivity (Wildman–Crippen MR) is 73.1 cm³/mol.